The van der Waals surface area contributed by atoms with Gasteiger partial charge in [-0.2, -0.15) is 0 Å². The van der Waals surface area contributed by atoms with Gasteiger partial charge in [-0.25, -0.2) is 0 Å². The number of likely N-dealkylation sites (tertiary alicyclic amines) is 1. The van der Waals surface area contributed by atoms with E-state index >= 15 is 0 Å². The molecule has 0 aliphatic carbocycles. The summed E-state index contributed by atoms with van der Waals surface area (Å²) in [4.78, 5) is 2.10. The summed E-state index contributed by atoms with van der Waals surface area (Å²) in [6.07, 6.45) is 1.49. The summed E-state index contributed by atoms with van der Waals surface area (Å²) in [5.74, 6) is 0. The van der Waals surface area contributed by atoms with E-state index in [0.717, 1.165) is 19.5 Å². The number of aliphatic hydroxyl groups is 1. The Morgan fingerprint density at radius 1 is 1.69 bits per heavy atom. The maximum atomic E-state index is 9.71. The van der Waals surface area contributed by atoms with Crippen molar-refractivity contribution in [3.8, 4) is 0 Å². The van der Waals surface area contributed by atoms with Crippen molar-refractivity contribution in [3.63, 3.8) is 0 Å². The summed E-state index contributed by atoms with van der Waals surface area (Å²) >= 11 is 0. The third-order valence-corrected chi connectivity index (χ3v) is 2.63. The van der Waals surface area contributed by atoms with Crippen LogP contribution in [0.1, 0.15) is 12.8 Å². The lowest BCUT2D eigenvalue weighted by Crippen LogP contribution is -2.37. The highest BCUT2D eigenvalue weighted by atomic mass is 16.5. The van der Waals surface area contributed by atoms with Crippen LogP contribution in [0.4, 0.5) is 0 Å². The number of hydrogen-bond acceptors (Lipinski definition) is 4. The molecule has 0 aromatic carbocycles. The molecule has 0 aromatic heterocycles. The molecule has 0 aromatic rings. The molecular weight excluding hydrogens is 168 g/mol. The number of rotatable bonds is 5. The minimum Gasteiger partial charge on any atom is -0.385 e. The third kappa shape index (κ3) is 3.23. The van der Waals surface area contributed by atoms with Gasteiger partial charge in [0.15, 0.2) is 0 Å². The van der Waals surface area contributed by atoms with Crippen molar-refractivity contribution in [3.05, 3.63) is 0 Å². The molecule has 1 aliphatic rings. The first-order chi connectivity index (χ1) is 6.27. The first-order valence-corrected chi connectivity index (χ1v) is 4.86. The van der Waals surface area contributed by atoms with Crippen molar-refractivity contribution < 1.29 is 9.84 Å². The van der Waals surface area contributed by atoms with Crippen LogP contribution in [0.5, 0.6) is 0 Å². The standard InChI is InChI=1S/C9H20N2O2/c1-10-8-3-5-11(7-8)9(12)4-6-13-2/h8-10,12H,3-7H2,1-2H3/t8-,9?/m1/s1. The summed E-state index contributed by atoms with van der Waals surface area (Å²) in [5.41, 5.74) is 0. The molecule has 0 spiro atoms. The summed E-state index contributed by atoms with van der Waals surface area (Å²) in [6, 6.07) is 0.539. The summed E-state index contributed by atoms with van der Waals surface area (Å²) in [6.45, 7) is 2.56. The number of ether oxygens (including phenoxy) is 1. The first-order valence-electron chi connectivity index (χ1n) is 4.86. The molecule has 0 amide bonds. The van der Waals surface area contributed by atoms with Crippen LogP contribution in [0.25, 0.3) is 0 Å². The van der Waals surface area contributed by atoms with Gasteiger partial charge in [0, 0.05) is 39.3 Å². The Hall–Kier alpha value is -0.160. The van der Waals surface area contributed by atoms with Crippen molar-refractivity contribution in [2.45, 2.75) is 25.1 Å². The zero-order valence-electron chi connectivity index (χ0n) is 8.49. The van der Waals surface area contributed by atoms with Crippen LogP contribution in [-0.4, -0.2) is 56.1 Å². The van der Waals surface area contributed by atoms with E-state index in [1.807, 2.05) is 7.05 Å². The van der Waals surface area contributed by atoms with Crippen LogP contribution in [0.15, 0.2) is 0 Å². The zero-order valence-corrected chi connectivity index (χ0v) is 8.49. The minimum atomic E-state index is -0.335. The predicted octanol–water partition coefficient (Wildman–Crippen LogP) is -0.365. The highest BCUT2D eigenvalue weighted by Crippen LogP contribution is 2.12. The Labute approximate surface area is 79.9 Å². The van der Waals surface area contributed by atoms with Crippen molar-refractivity contribution in [2.75, 3.05) is 33.9 Å². The molecule has 1 unspecified atom stereocenters. The van der Waals surface area contributed by atoms with Gasteiger partial charge < -0.3 is 15.2 Å². The highest BCUT2D eigenvalue weighted by molar-refractivity contribution is 4.80. The van der Waals surface area contributed by atoms with Crippen LogP contribution in [-0.2, 0) is 4.74 Å². The molecule has 13 heavy (non-hydrogen) atoms. The zero-order chi connectivity index (χ0) is 9.68. The average molecular weight is 188 g/mol. The van der Waals surface area contributed by atoms with Crippen LogP contribution in [0.3, 0.4) is 0 Å². The SMILES string of the molecule is CN[C@@H]1CCN(C(O)CCOC)C1. The molecule has 1 rings (SSSR count). The van der Waals surface area contributed by atoms with Crippen molar-refractivity contribution in [1.29, 1.82) is 0 Å². The van der Waals surface area contributed by atoms with Gasteiger partial charge in [-0.3, -0.25) is 4.90 Å². The van der Waals surface area contributed by atoms with Gasteiger partial charge in [-0.15, -0.1) is 0 Å². The molecule has 0 radical (unpaired) electrons. The van der Waals surface area contributed by atoms with E-state index in [2.05, 4.69) is 10.2 Å². The quantitative estimate of drug-likeness (QED) is 0.618. The lowest BCUT2D eigenvalue weighted by molar-refractivity contribution is -0.00429. The largest absolute Gasteiger partial charge is 0.385 e. The van der Waals surface area contributed by atoms with Gasteiger partial charge in [0.05, 0.1) is 0 Å². The van der Waals surface area contributed by atoms with Crippen molar-refractivity contribution in [2.24, 2.45) is 0 Å². The topological polar surface area (TPSA) is 44.7 Å². The molecule has 0 bridgehead atoms. The maximum absolute atomic E-state index is 9.71. The Kier molecular flexibility index (Phi) is 4.66. The fourth-order valence-corrected chi connectivity index (χ4v) is 1.70. The number of nitrogens with one attached hydrogen (secondary N) is 1. The number of hydrogen-bond donors (Lipinski definition) is 2. The number of nitrogens with zero attached hydrogens (tertiary/aromatic N) is 1. The Balaban J connectivity index is 2.20. The van der Waals surface area contributed by atoms with Crippen LogP contribution >= 0.6 is 0 Å². The number of methoxy groups -OCH3 is 1. The molecule has 1 fully saturated rings. The summed E-state index contributed by atoms with van der Waals surface area (Å²) < 4.78 is 4.92. The molecule has 4 nitrogen and oxygen atoms in total. The van der Waals surface area contributed by atoms with Gasteiger partial charge in [0.2, 0.25) is 0 Å². The smallest absolute Gasteiger partial charge is 0.109 e. The number of likely N-dealkylation sites (N-methyl/N-ethyl adjacent to an activating group) is 1. The van der Waals surface area contributed by atoms with Crippen molar-refractivity contribution >= 4 is 0 Å². The molecule has 1 saturated heterocycles. The lowest BCUT2D eigenvalue weighted by Gasteiger charge is -2.22. The highest BCUT2D eigenvalue weighted by Gasteiger charge is 2.25. The van der Waals surface area contributed by atoms with Crippen LogP contribution < -0.4 is 5.32 Å². The number of aliphatic hydroxyl groups excluding tert-OH is 1. The molecule has 2 atom stereocenters. The second-order valence-electron chi connectivity index (χ2n) is 3.53. The van der Waals surface area contributed by atoms with Gasteiger partial charge in [0.1, 0.15) is 6.23 Å². The fourth-order valence-electron chi connectivity index (χ4n) is 1.70. The molecule has 78 valence electrons. The van der Waals surface area contributed by atoms with Gasteiger partial charge >= 0.3 is 0 Å². The van der Waals surface area contributed by atoms with E-state index in [4.69, 9.17) is 4.74 Å². The second kappa shape index (κ2) is 5.54. The predicted molar refractivity (Wildman–Crippen MR) is 51.5 cm³/mol. The normalized spacial score (nSPS) is 26.5. The fraction of sp³-hybridized carbons (Fsp3) is 1.00. The van der Waals surface area contributed by atoms with E-state index in [1.165, 1.54) is 0 Å². The van der Waals surface area contributed by atoms with Gasteiger partial charge in [0.25, 0.3) is 0 Å². The van der Waals surface area contributed by atoms with Crippen molar-refractivity contribution in [1.82, 2.24) is 10.2 Å². The molecule has 0 saturated carbocycles. The summed E-state index contributed by atoms with van der Waals surface area (Å²) in [7, 11) is 3.63. The van der Waals surface area contributed by atoms with E-state index in [9.17, 15) is 5.11 Å². The van der Waals surface area contributed by atoms with E-state index in [-0.39, 0.29) is 6.23 Å². The maximum Gasteiger partial charge on any atom is 0.109 e. The first kappa shape index (κ1) is 10.9. The van der Waals surface area contributed by atoms with Crippen LogP contribution in [0.2, 0.25) is 0 Å². The Bertz CT molecular complexity index is 144. The molecule has 4 heteroatoms. The lowest BCUT2D eigenvalue weighted by atomic mass is 10.3. The monoisotopic (exact) mass is 188 g/mol. The molecule has 1 heterocycles. The minimum absolute atomic E-state index is 0.335. The Morgan fingerprint density at radius 2 is 2.46 bits per heavy atom. The van der Waals surface area contributed by atoms with E-state index < -0.39 is 0 Å². The Morgan fingerprint density at radius 3 is 3.00 bits per heavy atom. The second-order valence-corrected chi connectivity index (χ2v) is 3.53. The average Bonchev–Trinajstić information content (AvgIpc) is 2.62. The van der Waals surface area contributed by atoms with Crippen LogP contribution in [0, 0.1) is 0 Å². The molecule has 2 N–H and O–H groups in total. The van der Waals surface area contributed by atoms with E-state index in [1.54, 1.807) is 7.11 Å². The van der Waals surface area contributed by atoms with E-state index in [0.29, 0.717) is 19.1 Å². The summed E-state index contributed by atoms with van der Waals surface area (Å²) in [5, 5.41) is 12.9. The molecular formula is C9H20N2O2. The third-order valence-electron chi connectivity index (χ3n) is 2.63. The van der Waals surface area contributed by atoms with Gasteiger partial charge in [-0.1, -0.05) is 0 Å². The molecule has 1 aliphatic heterocycles. The van der Waals surface area contributed by atoms with Gasteiger partial charge in [-0.05, 0) is 13.5 Å².